The van der Waals surface area contributed by atoms with Crippen LogP contribution in [0.3, 0.4) is 0 Å². The van der Waals surface area contributed by atoms with Crippen LogP contribution in [-0.4, -0.2) is 23.4 Å². The van der Waals surface area contributed by atoms with Crippen molar-refractivity contribution in [1.29, 1.82) is 10.5 Å². The lowest BCUT2D eigenvalue weighted by Crippen LogP contribution is -2.45. The van der Waals surface area contributed by atoms with Gasteiger partial charge in [0.15, 0.2) is 0 Å². The summed E-state index contributed by atoms with van der Waals surface area (Å²) in [5, 5.41) is 22.8. The van der Waals surface area contributed by atoms with E-state index in [2.05, 4.69) is 10.6 Å². The first-order valence-corrected chi connectivity index (χ1v) is 8.60. The number of carbonyl (C=O) groups excluding carboxylic acids is 2. The van der Waals surface area contributed by atoms with Gasteiger partial charge >= 0.3 is 6.03 Å². The first kappa shape index (κ1) is 19.8. The van der Waals surface area contributed by atoms with Gasteiger partial charge in [-0.3, -0.25) is 4.79 Å². The highest BCUT2D eigenvalue weighted by Crippen LogP contribution is 2.27. The molecule has 2 aromatic rings. The van der Waals surface area contributed by atoms with Crippen LogP contribution in [0.1, 0.15) is 35.2 Å². The number of nitrogens with one attached hydrogen (secondary N) is 2. The van der Waals surface area contributed by atoms with Gasteiger partial charge in [0.2, 0.25) is 5.91 Å². The number of nitriles is 2. The van der Waals surface area contributed by atoms with Gasteiger partial charge in [-0.15, -0.1) is 0 Å². The van der Waals surface area contributed by atoms with E-state index < -0.39 is 29.6 Å². The summed E-state index contributed by atoms with van der Waals surface area (Å²) in [4.78, 5) is 25.6. The molecule has 0 saturated heterocycles. The van der Waals surface area contributed by atoms with Gasteiger partial charge in [0.05, 0.1) is 35.5 Å². The Labute approximate surface area is 165 Å². The standard InChI is InChI=1S/C20H15F2N5O2/c1-11(14-4-2-12(7-23)6-16(14)21)25-18(28)10-27-9-15-17(26-20(27)29)5-3-13(8-24)19(15)22/h2-6,11H,9-10H2,1H3,(H,25,28)(H,26,29)/t11-/m0/s1. The number of fused-ring (bicyclic) bond motifs is 1. The molecule has 0 aliphatic carbocycles. The van der Waals surface area contributed by atoms with E-state index in [4.69, 9.17) is 10.5 Å². The first-order chi connectivity index (χ1) is 13.8. The minimum Gasteiger partial charge on any atom is -0.348 e. The lowest BCUT2D eigenvalue weighted by atomic mass is 10.0. The molecule has 1 aliphatic heterocycles. The maximum atomic E-state index is 14.4. The van der Waals surface area contributed by atoms with E-state index in [1.165, 1.54) is 24.3 Å². The molecule has 146 valence electrons. The van der Waals surface area contributed by atoms with Crippen molar-refractivity contribution >= 4 is 17.6 Å². The van der Waals surface area contributed by atoms with Gasteiger partial charge in [-0.25, -0.2) is 13.6 Å². The van der Waals surface area contributed by atoms with Crippen LogP contribution in [0.25, 0.3) is 0 Å². The molecule has 1 aliphatic rings. The number of benzene rings is 2. The Morgan fingerprint density at radius 2 is 2.03 bits per heavy atom. The molecule has 0 radical (unpaired) electrons. The Balaban J connectivity index is 1.70. The van der Waals surface area contributed by atoms with E-state index in [0.29, 0.717) is 0 Å². The van der Waals surface area contributed by atoms with Crippen LogP contribution in [0.15, 0.2) is 30.3 Å². The number of rotatable bonds is 4. The number of nitrogens with zero attached hydrogens (tertiary/aromatic N) is 3. The molecule has 0 spiro atoms. The van der Waals surface area contributed by atoms with Crippen LogP contribution >= 0.6 is 0 Å². The summed E-state index contributed by atoms with van der Waals surface area (Å²) in [6, 6.07) is 8.87. The summed E-state index contributed by atoms with van der Waals surface area (Å²) in [6.45, 7) is 0.992. The second kappa shape index (κ2) is 7.95. The highest BCUT2D eigenvalue weighted by atomic mass is 19.1. The third-order valence-corrected chi connectivity index (χ3v) is 4.55. The summed E-state index contributed by atoms with van der Waals surface area (Å²) in [5.74, 6) is -1.95. The molecule has 0 bridgehead atoms. The number of hydrogen-bond donors (Lipinski definition) is 2. The van der Waals surface area contributed by atoms with Crippen LogP contribution in [0, 0.1) is 34.3 Å². The summed E-state index contributed by atoms with van der Waals surface area (Å²) in [5.41, 5.74) is 0.552. The molecule has 9 heteroatoms. The predicted octanol–water partition coefficient (Wildman–Crippen LogP) is 2.93. The molecule has 0 unspecified atom stereocenters. The van der Waals surface area contributed by atoms with Crippen molar-refractivity contribution in [2.75, 3.05) is 11.9 Å². The van der Waals surface area contributed by atoms with Crippen molar-refractivity contribution in [1.82, 2.24) is 10.2 Å². The molecule has 0 fully saturated rings. The number of halogens is 2. The maximum Gasteiger partial charge on any atom is 0.322 e. The smallest absolute Gasteiger partial charge is 0.322 e. The molecule has 1 heterocycles. The van der Waals surface area contributed by atoms with E-state index in [-0.39, 0.29) is 41.0 Å². The van der Waals surface area contributed by atoms with Crippen molar-refractivity contribution in [3.63, 3.8) is 0 Å². The molecule has 2 N–H and O–H groups in total. The molecular weight excluding hydrogens is 380 g/mol. The molecule has 29 heavy (non-hydrogen) atoms. The molecule has 2 aromatic carbocycles. The highest BCUT2D eigenvalue weighted by molar-refractivity contribution is 5.95. The Bertz CT molecular complexity index is 1090. The van der Waals surface area contributed by atoms with Gasteiger partial charge in [-0.2, -0.15) is 10.5 Å². The molecule has 3 rings (SSSR count). The van der Waals surface area contributed by atoms with Gasteiger partial charge in [-0.05, 0) is 31.2 Å². The zero-order valence-electron chi connectivity index (χ0n) is 15.3. The quantitative estimate of drug-likeness (QED) is 0.829. The number of urea groups is 1. The summed E-state index contributed by atoms with van der Waals surface area (Å²) < 4.78 is 28.5. The van der Waals surface area contributed by atoms with Crippen LogP contribution in [-0.2, 0) is 11.3 Å². The molecule has 1 atom stereocenters. The van der Waals surface area contributed by atoms with Gasteiger partial charge < -0.3 is 15.5 Å². The largest absolute Gasteiger partial charge is 0.348 e. The first-order valence-electron chi connectivity index (χ1n) is 8.60. The van der Waals surface area contributed by atoms with E-state index in [9.17, 15) is 18.4 Å². The predicted molar refractivity (Wildman–Crippen MR) is 98.2 cm³/mol. The van der Waals surface area contributed by atoms with Crippen LogP contribution < -0.4 is 10.6 Å². The second-order valence-electron chi connectivity index (χ2n) is 6.49. The van der Waals surface area contributed by atoms with Gasteiger partial charge in [0.1, 0.15) is 24.2 Å². The number of amides is 3. The summed E-state index contributed by atoms with van der Waals surface area (Å²) in [6.07, 6.45) is 0. The van der Waals surface area contributed by atoms with Crippen molar-refractivity contribution in [2.45, 2.75) is 19.5 Å². The maximum absolute atomic E-state index is 14.4. The summed E-state index contributed by atoms with van der Waals surface area (Å²) in [7, 11) is 0. The van der Waals surface area contributed by atoms with Crippen molar-refractivity contribution < 1.29 is 18.4 Å². The average molecular weight is 395 g/mol. The molecule has 0 aromatic heterocycles. The fourth-order valence-electron chi connectivity index (χ4n) is 3.05. The minimum absolute atomic E-state index is 0.114. The third kappa shape index (κ3) is 3.99. The van der Waals surface area contributed by atoms with Crippen LogP contribution in [0.4, 0.5) is 19.3 Å². The second-order valence-corrected chi connectivity index (χ2v) is 6.49. The molecule has 3 amide bonds. The lowest BCUT2D eigenvalue weighted by molar-refractivity contribution is -0.122. The van der Waals surface area contributed by atoms with Gasteiger partial charge in [0, 0.05) is 11.1 Å². The van der Waals surface area contributed by atoms with E-state index in [1.54, 1.807) is 13.0 Å². The van der Waals surface area contributed by atoms with Gasteiger partial charge in [0.25, 0.3) is 0 Å². The van der Waals surface area contributed by atoms with Crippen LogP contribution in [0.5, 0.6) is 0 Å². The van der Waals surface area contributed by atoms with Crippen molar-refractivity contribution in [3.8, 4) is 12.1 Å². The molecule has 0 saturated carbocycles. The minimum atomic E-state index is -0.747. The zero-order valence-corrected chi connectivity index (χ0v) is 15.3. The monoisotopic (exact) mass is 395 g/mol. The Morgan fingerprint density at radius 1 is 1.28 bits per heavy atom. The van der Waals surface area contributed by atoms with Crippen molar-refractivity contribution in [3.05, 3.63) is 64.2 Å². The van der Waals surface area contributed by atoms with E-state index in [1.807, 2.05) is 6.07 Å². The number of carbonyl (C=O) groups is 2. The SMILES string of the molecule is C[C@H](NC(=O)CN1Cc2c(ccc(C#N)c2F)NC1=O)c1ccc(C#N)cc1F. The Morgan fingerprint density at radius 3 is 2.69 bits per heavy atom. The van der Waals surface area contributed by atoms with E-state index in [0.717, 1.165) is 11.0 Å². The van der Waals surface area contributed by atoms with Crippen LogP contribution in [0.2, 0.25) is 0 Å². The summed E-state index contributed by atoms with van der Waals surface area (Å²) >= 11 is 0. The zero-order chi connectivity index (χ0) is 21.1. The van der Waals surface area contributed by atoms with E-state index >= 15 is 0 Å². The number of hydrogen-bond acceptors (Lipinski definition) is 4. The third-order valence-electron chi connectivity index (χ3n) is 4.55. The average Bonchev–Trinajstić information content (AvgIpc) is 2.69. The Hall–Kier alpha value is -3.98. The Kier molecular flexibility index (Phi) is 5.42. The van der Waals surface area contributed by atoms with Crippen molar-refractivity contribution in [2.24, 2.45) is 0 Å². The molecule has 7 nitrogen and oxygen atoms in total. The molecular formula is C20H15F2N5O2. The fraction of sp³-hybridized carbons (Fsp3) is 0.200. The normalized spacial score (nSPS) is 13.6. The lowest BCUT2D eigenvalue weighted by Gasteiger charge is -2.29. The fourth-order valence-corrected chi connectivity index (χ4v) is 3.05. The van der Waals surface area contributed by atoms with Gasteiger partial charge in [-0.1, -0.05) is 6.07 Å². The highest BCUT2D eigenvalue weighted by Gasteiger charge is 2.28. The topological polar surface area (TPSA) is 109 Å². The number of anilines is 1.